The number of hydrogen-bond donors (Lipinski definition) is 2. The smallest absolute Gasteiger partial charge is 0.225 e. The summed E-state index contributed by atoms with van der Waals surface area (Å²) in [5.41, 5.74) is 0.512. The minimum Gasteiger partial charge on any atom is -0.326 e. The standard InChI is InChI=1S/C14H20FN3O/c1-11-10-16-6-8-18(11)7-5-14(19)17-13-4-2-3-12(15)9-13/h2-4,9,11,16H,5-8,10H2,1H3,(H,17,19)/t11-/m0/s1. The van der Waals surface area contributed by atoms with Gasteiger partial charge in [0.05, 0.1) is 0 Å². The molecule has 1 fully saturated rings. The molecule has 5 heteroatoms. The third-order valence-electron chi connectivity index (χ3n) is 3.37. The van der Waals surface area contributed by atoms with Crippen LogP contribution in [-0.4, -0.2) is 43.0 Å². The van der Waals surface area contributed by atoms with Crippen LogP contribution < -0.4 is 10.6 Å². The summed E-state index contributed by atoms with van der Waals surface area (Å²) < 4.78 is 13.0. The van der Waals surface area contributed by atoms with Crippen molar-refractivity contribution in [1.29, 1.82) is 0 Å². The zero-order chi connectivity index (χ0) is 13.7. The molecular weight excluding hydrogens is 245 g/mol. The molecule has 0 unspecified atom stereocenters. The Morgan fingerprint density at radius 2 is 2.42 bits per heavy atom. The van der Waals surface area contributed by atoms with Gasteiger partial charge in [0, 0.05) is 44.3 Å². The van der Waals surface area contributed by atoms with Crippen molar-refractivity contribution in [3.8, 4) is 0 Å². The third kappa shape index (κ3) is 4.29. The Bertz CT molecular complexity index is 438. The van der Waals surface area contributed by atoms with Crippen molar-refractivity contribution in [2.45, 2.75) is 19.4 Å². The number of piperazine rings is 1. The van der Waals surface area contributed by atoms with E-state index in [1.807, 2.05) is 0 Å². The van der Waals surface area contributed by atoms with E-state index in [0.29, 0.717) is 18.2 Å². The van der Waals surface area contributed by atoms with Crippen LogP contribution in [0, 0.1) is 5.82 Å². The van der Waals surface area contributed by atoms with Gasteiger partial charge in [-0.25, -0.2) is 4.39 Å². The number of nitrogens with one attached hydrogen (secondary N) is 2. The third-order valence-corrected chi connectivity index (χ3v) is 3.37. The van der Waals surface area contributed by atoms with Crippen molar-refractivity contribution in [2.75, 3.05) is 31.5 Å². The van der Waals surface area contributed by atoms with Crippen molar-refractivity contribution in [3.63, 3.8) is 0 Å². The first kappa shape index (κ1) is 14.0. The van der Waals surface area contributed by atoms with Gasteiger partial charge in [-0.15, -0.1) is 0 Å². The molecule has 0 aromatic heterocycles. The lowest BCUT2D eigenvalue weighted by Crippen LogP contribution is -2.50. The Labute approximate surface area is 113 Å². The molecule has 1 heterocycles. The predicted molar refractivity (Wildman–Crippen MR) is 73.6 cm³/mol. The van der Waals surface area contributed by atoms with Gasteiger partial charge in [0.1, 0.15) is 5.82 Å². The van der Waals surface area contributed by atoms with Crippen LogP contribution in [0.3, 0.4) is 0 Å². The Morgan fingerprint density at radius 1 is 1.58 bits per heavy atom. The summed E-state index contributed by atoms with van der Waals surface area (Å²) in [7, 11) is 0. The SMILES string of the molecule is C[C@H]1CNCCN1CCC(=O)Nc1cccc(F)c1. The first-order chi connectivity index (χ1) is 9.15. The van der Waals surface area contributed by atoms with Gasteiger partial charge in [0.15, 0.2) is 0 Å². The van der Waals surface area contributed by atoms with E-state index in [2.05, 4.69) is 22.5 Å². The van der Waals surface area contributed by atoms with E-state index in [1.165, 1.54) is 12.1 Å². The van der Waals surface area contributed by atoms with Gasteiger partial charge in [0.25, 0.3) is 0 Å². The highest BCUT2D eigenvalue weighted by Crippen LogP contribution is 2.10. The fourth-order valence-corrected chi connectivity index (χ4v) is 2.25. The molecular formula is C14H20FN3O. The van der Waals surface area contributed by atoms with Gasteiger partial charge in [-0.05, 0) is 25.1 Å². The predicted octanol–water partition coefficient (Wildman–Crippen LogP) is 1.45. The van der Waals surface area contributed by atoms with Crippen LogP contribution in [0.15, 0.2) is 24.3 Å². The van der Waals surface area contributed by atoms with Crippen molar-refractivity contribution < 1.29 is 9.18 Å². The van der Waals surface area contributed by atoms with Crippen LogP contribution in [0.5, 0.6) is 0 Å². The molecule has 0 aliphatic carbocycles. The Balaban J connectivity index is 1.78. The molecule has 0 bridgehead atoms. The van der Waals surface area contributed by atoms with Crippen LogP contribution in [0.25, 0.3) is 0 Å². The number of carbonyl (C=O) groups excluding carboxylic acids is 1. The van der Waals surface area contributed by atoms with Crippen molar-refractivity contribution in [2.24, 2.45) is 0 Å². The molecule has 1 aliphatic rings. The summed E-state index contributed by atoms with van der Waals surface area (Å²) in [6.07, 6.45) is 0.431. The van der Waals surface area contributed by atoms with Crippen LogP contribution in [0.1, 0.15) is 13.3 Å². The van der Waals surface area contributed by atoms with Crippen LogP contribution in [0.4, 0.5) is 10.1 Å². The van der Waals surface area contributed by atoms with Gasteiger partial charge < -0.3 is 10.6 Å². The Morgan fingerprint density at radius 3 is 3.16 bits per heavy atom. The zero-order valence-electron chi connectivity index (χ0n) is 11.2. The lowest BCUT2D eigenvalue weighted by Gasteiger charge is -2.33. The highest BCUT2D eigenvalue weighted by Gasteiger charge is 2.18. The van der Waals surface area contributed by atoms with E-state index in [1.54, 1.807) is 12.1 Å². The maximum atomic E-state index is 13.0. The molecule has 19 heavy (non-hydrogen) atoms. The topological polar surface area (TPSA) is 44.4 Å². The van der Waals surface area contributed by atoms with E-state index in [4.69, 9.17) is 0 Å². The van der Waals surface area contributed by atoms with Crippen molar-refractivity contribution in [3.05, 3.63) is 30.1 Å². The summed E-state index contributed by atoms with van der Waals surface area (Å²) in [6.45, 7) is 5.79. The average Bonchev–Trinajstić information content (AvgIpc) is 2.38. The lowest BCUT2D eigenvalue weighted by molar-refractivity contribution is -0.116. The monoisotopic (exact) mass is 265 g/mol. The van der Waals surface area contributed by atoms with Gasteiger partial charge in [-0.2, -0.15) is 0 Å². The Hall–Kier alpha value is -1.46. The molecule has 0 radical (unpaired) electrons. The van der Waals surface area contributed by atoms with Crippen LogP contribution in [0.2, 0.25) is 0 Å². The first-order valence-electron chi connectivity index (χ1n) is 6.65. The van der Waals surface area contributed by atoms with Crippen LogP contribution >= 0.6 is 0 Å². The lowest BCUT2D eigenvalue weighted by atomic mass is 10.2. The fraction of sp³-hybridized carbons (Fsp3) is 0.500. The molecule has 0 spiro atoms. The number of amides is 1. The summed E-state index contributed by atoms with van der Waals surface area (Å²) >= 11 is 0. The minimum atomic E-state index is -0.339. The van der Waals surface area contributed by atoms with Crippen molar-refractivity contribution in [1.82, 2.24) is 10.2 Å². The molecule has 0 saturated carbocycles. The van der Waals surface area contributed by atoms with Gasteiger partial charge >= 0.3 is 0 Å². The molecule has 1 saturated heterocycles. The normalized spacial score (nSPS) is 20.2. The number of carbonyl (C=O) groups is 1. The average molecular weight is 265 g/mol. The largest absolute Gasteiger partial charge is 0.326 e. The van der Waals surface area contributed by atoms with Gasteiger partial charge in [-0.3, -0.25) is 9.69 Å². The molecule has 1 aromatic rings. The van der Waals surface area contributed by atoms with Gasteiger partial charge in [-0.1, -0.05) is 6.07 Å². The minimum absolute atomic E-state index is 0.0728. The second kappa shape index (κ2) is 6.63. The maximum absolute atomic E-state index is 13.0. The molecule has 1 aromatic carbocycles. The van der Waals surface area contributed by atoms with E-state index in [0.717, 1.165) is 26.2 Å². The summed E-state index contributed by atoms with van der Waals surface area (Å²) in [6, 6.07) is 6.41. The molecule has 2 N–H and O–H groups in total. The Kier molecular flexibility index (Phi) is 4.87. The molecule has 1 atom stereocenters. The molecule has 1 amide bonds. The highest BCUT2D eigenvalue weighted by molar-refractivity contribution is 5.90. The molecule has 2 rings (SSSR count). The summed E-state index contributed by atoms with van der Waals surface area (Å²) in [4.78, 5) is 14.1. The summed E-state index contributed by atoms with van der Waals surface area (Å²) in [5, 5.41) is 6.03. The van der Waals surface area contributed by atoms with E-state index in [9.17, 15) is 9.18 Å². The van der Waals surface area contributed by atoms with Crippen molar-refractivity contribution >= 4 is 11.6 Å². The van der Waals surface area contributed by atoms with Crippen LogP contribution in [-0.2, 0) is 4.79 Å². The second-order valence-corrected chi connectivity index (χ2v) is 4.90. The molecule has 104 valence electrons. The number of benzene rings is 1. The number of halogens is 1. The molecule has 1 aliphatic heterocycles. The van der Waals surface area contributed by atoms with E-state index in [-0.39, 0.29) is 11.7 Å². The fourth-order valence-electron chi connectivity index (χ4n) is 2.25. The van der Waals surface area contributed by atoms with Gasteiger partial charge in [0.2, 0.25) is 5.91 Å². The number of nitrogens with zero attached hydrogens (tertiary/aromatic N) is 1. The van der Waals surface area contributed by atoms with E-state index < -0.39 is 0 Å². The maximum Gasteiger partial charge on any atom is 0.225 e. The zero-order valence-corrected chi connectivity index (χ0v) is 11.2. The van der Waals surface area contributed by atoms with E-state index >= 15 is 0 Å². The number of hydrogen-bond acceptors (Lipinski definition) is 3. The summed E-state index contributed by atoms with van der Waals surface area (Å²) in [5.74, 6) is -0.412. The first-order valence-corrected chi connectivity index (χ1v) is 6.65. The number of anilines is 1. The number of rotatable bonds is 4. The highest BCUT2D eigenvalue weighted by atomic mass is 19.1. The molecule has 4 nitrogen and oxygen atoms in total. The second-order valence-electron chi connectivity index (χ2n) is 4.90. The quantitative estimate of drug-likeness (QED) is 0.866.